The van der Waals surface area contributed by atoms with Gasteiger partial charge in [0.2, 0.25) is 5.88 Å². The maximum Gasteiger partial charge on any atom is 0.214 e. The molecule has 0 aliphatic rings. The minimum Gasteiger partial charge on any atom is -0.496 e. The fourth-order valence-electron chi connectivity index (χ4n) is 1.66. The van der Waals surface area contributed by atoms with E-state index in [1.54, 1.807) is 14.2 Å². The number of ether oxygens (including phenoxy) is 2. The smallest absolute Gasteiger partial charge is 0.214 e. The Morgan fingerprint density at radius 1 is 1.00 bits per heavy atom. The van der Waals surface area contributed by atoms with Gasteiger partial charge in [-0.25, -0.2) is 0 Å². The minimum absolute atomic E-state index is 0.597. The molecule has 1 N–H and O–H groups in total. The molecule has 0 fully saturated rings. The zero-order valence-electron chi connectivity index (χ0n) is 10.5. The highest BCUT2D eigenvalue weighted by Gasteiger charge is 2.02. The van der Waals surface area contributed by atoms with Crippen LogP contribution in [0, 0.1) is 0 Å². The Hall–Kier alpha value is -2.23. The Morgan fingerprint density at radius 2 is 1.83 bits per heavy atom. The minimum atomic E-state index is 0.597. The summed E-state index contributed by atoms with van der Waals surface area (Å²) in [4.78, 5) is 4.29. The van der Waals surface area contributed by atoms with Gasteiger partial charge in [-0.15, -0.1) is 0 Å². The topological polar surface area (TPSA) is 43.4 Å². The maximum atomic E-state index is 5.29. The van der Waals surface area contributed by atoms with Gasteiger partial charge in [0.15, 0.2) is 0 Å². The van der Waals surface area contributed by atoms with Crippen molar-refractivity contribution in [3.63, 3.8) is 0 Å². The van der Waals surface area contributed by atoms with Crippen LogP contribution in [0.3, 0.4) is 0 Å². The van der Waals surface area contributed by atoms with Crippen molar-refractivity contribution in [2.75, 3.05) is 19.5 Å². The van der Waals surface area contributed by atoms with Crippen LogP contribution in [0.15, 0.2) is 42.5 Å². The van der Waals surface area contributed by atoms with E-state index in [9.17, 15) is 0 Å². The lowest BCUT2D eigenvalue weighted by molar-refractivity contribution is 0.398. The van der Waals surface area contributed by atoms with Crippen molar-refractivity contribution >= 4 is 5.82 Å². The Balaban J connectivity index is 2.06. The van der Waals surface area contributed by atoms with Crippen molar-refractivity contribution < 1.29 is 9.47 Å². The third-order valence-electron chi connectivity index (χ3n) is 2.59. The molecule has 1 aromatic carbocycles. The van der Waals surface area contributed by atoms with Crippen LogP contribution in [0.4, 0.5) is 5.82 Å². The summed E-state index contributed by atoms with van der Waals surface area (Å²) >= 11 is 0. The molecule has 0 aliphatic heterocycles. The maximum absolute atomic E-state index is 5.29. The van der Waals surface area contributed by atoms with E-state index in [-0.39, 0.29) is 0 Å². The molecule has 4 heteroatoms. The van der Waals surface area contributed by atoms with E-state index in [0.717, 1.165) is 17.1 Å². The van der Waals surface area contributed by atoms with Gasteiger partial charge >= 0.3 is 0 Å². The summed E-state index contributed by atoms with van der Waals surface area (Å²) in [5.74, 6) is 2.24. The fraction of sp³-hybridized carbons (Fsp3) is 0.214. The average Bonchev–Trinajstić information content (AvgIpc) is 2.45. The van der Waals surface area contributed by atoms with Gasteiger partial charge < -0.3 is 14.8 Å². The molecule has 0 radical (unpaired) electrons. The van der Waals surface area contributed by atoms with Gasteiger partial charge in [0.25, 0.3) is 0 Å². The normalized spacial score (nSPS) is 9.89. The third-order valence-corrected chi connectivity index (χ3v) is 2.59. The molecular formula is C14H16N2O2. The van der Waals surface area contributed by atoms with E-state index in [1.807, 2.05) is 42.5 Å². The number of nitrogens with one attached hydrogen (secondary N) is 1. The summed E-state index contributed by atoms with van der Waals surface area (Å²) in [6, 6.07) is 13.5. The molecule has 0 unspecified atom stereocenters. The third kappa shape index (κ3) is 2.91. The van der Waals surface area contributed by atoms with Crippen molar-refractivity contribution in [3.05, 3.63) is 48.0 Å². The highest BCUT2D eigenvalue weighted by atomic mass is 16.5. The zero-order valence-corrected chi connectivity index (χ0v) is 10.5. The Labute approximate surface area is 107 Å². The van der Waals surface area contributed by atoms with E-state index < -0.39 is 0 Å². The highest BCUT2D eigenvalue weighted by Crippen LogP contribution is 2.19. The van der Waals surface area contributed by atoms with E-state index in [0.29, 0.717) is 12.4 Å². The number of aromatic nitrogens is 1. The molecule has 2 aromatic rings. The van der Waals surface area contributed by atoms with E-state index >= 15 is 0 Å². The molecule has 0 saturated carbocycles. The quantitative estimate of drug-likeness (QED) is 0.878. The molecular weight excluding hydrogens is 228 g/mol. The lowest BCUT2D eigenvalue weighted by Crippen LogP contribution is -2.03. The van der Waals surface area contributed by atoms with Crippen molar-refractivity contribution in [1.29, 1.82) is 0 Å². The predicted molar refractivity (Wildman–Crippen MR) is 71.1 cm³/mol. The van der Waals surface area contributed by atoms with Crippen LogP contribution in [-0.2, 0) is 6.54 Å². The second-order valence-corrected chi connectivity index (χ2v) is 3.73. The Morgan fingerprint density at radius 3 is 2.61 bits per heavy atom. The number of hydrogen-bond donors (Lipinski definition) is 1. The summed E-state index contributed by atoms with van der Waals surface area (Å²) in [6.45, 7) is 0.657. The van der Waals surface area contributed by atoms with Gasteiger partial charge in [-0.3, -0.25) is 0 Å². The molecule has 0 saturated heterocycles. The van der Waals surface area contributed by atoms with E-state index in [1.165, 1.54) is 0 Å². The molecule has 0 bridgehead atoms. The first-order valence-electron chi connectivity index (χ1n) is 5.70. The predicted octanol–water partition coefficient (Wildman–Crippen LogP) is 2.71. The van der Waals surface area contributed by atoms with Crippen LogP contribution in [-0.4, -0.2) is 19.2 Å². The molecule has 4 nitrogen and oxygen atoms in total. The first kappa shape index (κ1) is 12.2. The first-order chi connectivity index (χ1) is 8.83. The molecule has 0 spiro atoms. The SMILES string of the molecule is COc1cccc(NCc2ccccc2OC)n1. The lowest BCUT2D eigenvalue weighted by atomic mass is 10.2. The van der Waals surface area contributed by atoms with E-state index in [2.05, 4.69) is 10.3 Å². The largest absolute Gasteiger partial charge is 0.496 e. The number of pyridine rings is 1. The van der Waals surface area contributed by atoms with Crippen LogP contribution in [0.2, 0.25) is 0 Å². The lowest BCUT2D eigenvalue weighted by Gasteiger charge is -2.10. The van der Waals surface area contributed by atoms with Crippen LogP contribution in [0.1, 0.15) is 5.56 Å². The van der Waals surface area contributed by atoms with E-state index in [4.69, 9.17) is 9.47 Å². The molecule has 18 heavy (non-hydrogen) atoms. The van der Waals surface area contributed by atoms with Gasteiger partial charge in [-0.1, -0.05) is 24.3 Å². The van der Waals surface area contributed by atoms with Gasteiger partial charge in [0, 0.05) is 18.2 Å². The van der Waals surface area contributed by atoms with Gasteiger partial charge in [0.05, 0.1) is 14.2 Å². The molecule has 0 aliphatic carbocycles. The number of nitrogens with zero attached hydrogens (tertiary/aromatic N) is 1. The molecule has 0 atom stereocenters. The first-order valence-corrected chi connectivity index (χ1v) is 5.70. The molecule has 1 aromatic heterocycles. The summed E-state index contributed by atoms with van der Waals surface area (Å²) < 4.78 is 10.4. The van der Waals surface area contributed by atoms with Crippen LogP contribution < -0.4 is 14.8 Å². The van der Waals surface area contributed by atoms with Crippen molar-refractivity contribution in [2.45, 2.75) is 6.54 Å². The summed E-state index contributed by atoms with van der Waals surface area (Å²) in [5, 5.41) is 3.24. The van der Waals surface area contributed by atoms with Gasteiger partial charge in [-0.2, -0.15) is 4.98 Å². The molecule has 0 amide bonds. The second-order valence-electron chi connectivity index (χ2n) is 3.73. The van der Waals surface area contributed by atoms with Gasteiger partial charge in [-0.05, 0) is 12.1 Å². The monoisotopic (exact) mass is 244 g/mol. The second kappa shape index (κ2) is 5.91. The number of rotatable bonds is 5. The number of anilines is 1. The number of methoxy groups -OCH3 is 2. The summed E-state index contributed by atoms with van der Waals surface area (Å²) in [6.07, 6.45) is 0. The van der Waals surface area contributed by atoms with Crippen LogP contribution >= 0.6 is 0 Å². The molecule has 94 valence electrons. The Bertz CT molecular complexity index is 515. The number of hydrogen-bond acceptors (Lipinski definition) is 4. The van der Waals surface area contributed by atoms with Gasteiger partial charge in [0.1, 0.15) is 11.6 Å². The van der Waals surface area contributed by atoms with Crippen LogP contribution in [0.5, 0.6) is 11.6 Å². The average molecular weight is 244 g/mol. The number of para-hydroxylation sites is 1. The zero-order chi connectivity index (χ0) is 12.8. The van der Waals surface area contributed by atoms with Crippen molar-refractivity contribution in [3.8, 4) is 11.6 Å². The highest BCUT2D eigenvalue weighted by molar-refractivity contribution is 5.41. The standard InChI is InChI=1S/C14H16N2O2/c1-17-12-7-4-3-6-11(12)10-15-13-8-5-9-14(16-13)18-2/h3-9H,10H2,1-2H3,(H,15,16). The van der Waals surface area contributed by atoms with Crippen molar-refractivity contribution in [1.82, 2.24) is 4.98 Å². The molecule has 2 rings (SSSR count). The number of benzene rings is 1. The fourth-order valence-corrected chi connectivity index (χ4v) is 1.66. The Kier molecular flexibility index (Phi) is 4.02. The van der Waals surface area contributed by atoms with Crippen LogP contribution in [0.25, 0.3) is 0 Å². The molecule has 1 heterocycles. The summed E-state index contributed by atoms with van der Waals surface area (Å²) in [7, 11) is 3.27. The van der Waals surface area contributed by atoms with Crippen molar-refractivity contribution in [2.24, 2.45) is 0 Å². The summed E-state index contributed by atoms with van der Waals surface area (Å²) in [5.41, 5.74) is 1.09.